The minimum Gasteiger partial charge on any atom is -0.494 e. The van der Waals surface area contributed by atoms with Crippen molar-refractivity contribution in [3.05, 3.63) is 53.6 Å². The fourth-order valence-corrected chi connectivity index (χ4v) is 4.39. The van der Waals surface area contributed by atoms with Gasteiger partial charge in [0.1, 0.15) is 5.75 Å². The van der Waals surface area contributed by atoms with Gasteiger partial charge in [0.15, 0.2) is 5.37 Å². The molecule has 2 atom stereocenters. The largest absolute Gasteiger partial charge is 0.494 e. The third-order valence-corrected chi connectivity index (χ3v) is 6.03. The second-order valence-corrected chi connectivity index (χ2v) is 8.39. The molecule has 0 saturated carbocycles. The van der Waals surface area contributed by atoms with Crippen LogP contribution in [0.2, 0.25) is 5.02 Å². The molecule has 2 unspecified atom stereocenters. The molecule has 4 N–H and O–H groups in total. The molecule has 0 spiro atoms. The Hall–Kier alpha value is -2.33. The summed E-state index contributed by atoms with van der Waals surface area (Å²) in [6.45, 7) is 2.61. The second-order valence-electron chi connectivity index (χ2n) is 6.15. The van der Waals surface area contributed by atoms with Crippen LogP contribution in [0.1, 0.15) is 6.92 Å². The van der Waals surface area contributed by atoms with Gasteiger partial charge in [0.05, 0.1) is 12.5 Å². The lowest BCUT2D eigenvalue weighted by atomic mass is 10.1. The normalized spacial score (nSPS) is 19.2. The number of hydrazine groups is 1. The molecule has 1 aliphatic rings. The standard InChI is InChI=1S/C18H21ClN4O4S/c1-2-27-15-9-7-13(8-10-15)21-17(24)16-11-20-22-18(16)28(25,26)23-14-5-3-12(19)4-6-14/h3-10,16,18,20,22-23H,2,11H2,1H3,(H,21,24). The van der Waals surface area contributed by atoms with Gasteiger partial charge < -0.3 is 10.1 Å². The van der Waals surface area contributed by atoms with Crippen LogP contribution in [-0.4, -0.2) is 32.9 Å². The fourth-order valence-electron chi connectivity index (χ4n) is 2.78. The van der Waals surface area contributed by atoms with E-state index in [4.69, 9.17) is 16.3 Å². The smallest absolute Gasteiger partial charge is 0.250 e. The summed E-state index contributed by atoms with van der Waals surface area (Å²) in [5, 5.41) is 2.11. The average Bonchev–Trinajstić information content (AvgIpc) is 3.16. The summed E-state index contributed by atoms with van der Waals surface area (Å²) in [7, 11) is -3.87. The molecule has 0 bridgehead atoms. The van der Waals surface area contributed by atoms with Gasteiger partial charge in [-0.2, -0.15) is 0 Å². The quantitative estimate of drug-likeness (QED) is 0.542. The van der Waals surface area contributed by atoms with Crippen LogP contribution in [0.5, 0.6) is 5.75 Å². The maximum absolute atomic E-state index is 12.7. The summed E-state index contributed by atoms with van der Waals surface area (Å²) in [4.78, 5) is 12.6. The van der Waals surface area contributed by atoms with Crippen molar-refractivity contribution >= 4 is 38.9 Å². The van der Waals surface area contributed by atoms with Crippen LogP contribution in [0.25, 0.3) is 0 Å². The highest BCUT2D eigenvalue weighted by molar-refractivity contribution is 7.93. The molecule has 1 saturated heterocycles. The Morgan fingerprint density at radius 1 is 1.14 bits per heavy atom. The van der Waals surface area contributed by atoms with E-state index in [1.165, 1.54) is 0 Å². The molecule has 2 aromatic carbocycles. The highest BCUT2D eigenvalue weighted by atomic mass is 35.5. The Labute approximate surface area is 168 Å². The van der Waals surface area contributed by atoms with Crippen molar-refractivity contribution in [3.63, 3.8) is 0 Å². The first-order valence-corrected chi connectivity index (χ1v) is 10.6. The van der Waals surface area contributed by atoms with E-state index in [9.17, 15) is 13.2 Å². The molecule has 1 heterocycles. The number of sulfonamides is 1. The number of benzene rings is 2. The summed E-state index contributed by atoms with van der Waals surface area (Å²) in [6.07, 6.45) is 0. The number of halogens is 1. The first-order valence-electron chi connectivity index (χ1n) is 8.68. The maximum Gasteiger partial charge on any atom is 0.250 e. The SMILES string of the molecule is CCOc1ccc(NC(=O)C2CNNC2S(=O)(=O)Nc2ccc(Cl)cc2)cc1. The highest BCUT2D eigenvalue weighted by Gasteiger charge is 2.41. The maximum atomic E-state index is 12.7. The van der Waals surface area contributed by atoms with E-state index >= 15 is 0 Å². The van der Waals surface area contributed by atoms with E-state index in [1.807, 2.05) is 6.92 Å². The molecule has 8 nitrogen and oxygen atoms in total. The van der Waals surface area contributed by atoms with E-state index < -0.39 is 27.2 Å². The van der Waals surface area contributed by atoms with E-state index in [0.717, 1.165) is 0 Å². The van der Waals surface area contributed by atoms with Crippen molar-refractivity contribution in [1.82, 2.24) is 10.9 Å². The predicted octanol–water partition coefficient (Wildman–Crippen LogP) is 2.17. The number of hydrogen-bond acceptors (Lipinski definition) is 6. The zero-order valence-corrected chi connectivity index (χ0v) is 16.7. The summed E-state index contributed by atoms with van der Waals surface area (Å²) >= 11 is 5.82. The van der Waals surface area contributed by atoms with Crippen LogP contribution in [0, 0.1) is 5.92 Å². The molecule has 1 aliphatic heterocycles. The number of anilines is 2. The average molecular weight is 425 g/mol. The molecule has 0 aliphatic carbocycles. The van der Waals surface area contributed by atoms with Crippen LogP contribution in [-0.2, 0) is 14.8 Å². The van der Waals surface area contributed by atoms with Gasteiger partial charge in [-0.1, -0.05) is 11.6 Å². The van der Waals surface area contributed by atoms with Gasteiger partial charge in [-0.25, -0.2) is 13.8 Å². The number of amides is 1. The predicted molar refractivity (Wildman–Crippen MR) is 109 cm³/mol. The van der Waals surface area contributed by atoms with E-state index in [0.29, 0.717) is 28.8 Å². The third kappa shape index (κ3) is 4.93. The summed E-state index contributed by atoms with van der Waals surface area (Å²) in [5.74, 6) is -0.540. The Morgan fingerprint density at radius 3 is 2.43 bits per heavy atom. The van der Waals surface area contributed by atoms with Crippen molar-refractivity contribution in [3.8, 4) is 5.75 Å². The number of carbonyl (C=O) groups excluding carboxylic acids is 1. The van der Waals surface area contributed by atoms with Gasteiger partial charge in [0.25, 0.3) is 10.0 Å². The third-order valence-electron chi connectivity index (χ3n) is 4.14. The zero-order valence-electron chi connectivity index (χ0n) is 15.1. The molecular weight excluding hydrogens is 404 g/mol. The monoisotopic (exact) mass is 424 g/mol. The first-order chi connectivity index (χ1) is 13.4. The number of nitrogens with one attached hydrogen (secondary N) is 4. The van der Waals surface area contributed by atoms with E-state index in [-0.39, 0.29) is 6.54 Å². The molecule has 3 rings (SSSR count). The lowest BCUT2D eigenvalue weighted by Crippen LogP contribution is -2.45. The molecule has 10 heteroatoms. The van der Waals surface area contributed by atoms with Crippen LogP contribution in [0.4, 0.5) is 11.4 Å². The Bertz CT molecular complexity index is 920. The second kappa shape index (κ2) is 8.78. The van der Waals surface area contributed by atoms with Crippen molar-refractivity contribution in [2.24, 2.45) is 5.92 Å². The van der Waals surface area contributed by atoms with Gasteiger partial charge in [-0.15, -0.1) is 0 Å². The van der Waals surface area contributed by atoms with Crippen LogP contribution in [0.3, 0.4) is 0 Å². The molecule has 1 fully saturated rings. The van der Waals surface area contributed by atoms with Crippen LogP contribution < -0.4 is 25.6 Å². The number of ether oxygens (including phenoxy) is 1. The molecule has 28 heavy (non-hydrogen) atoms. The number of rotatable bonds is 7. The van der Waals surface area contributed by atoms with Gasteiger partial charge in [0.2, 0.25) is 5.91 Å². The fraction of sp³-hybridized carbons (Fsp3) is 0.278. The molecule has 150 valence electrons. The Morgan fingerprint density at radius 2 is 1.79 bits per heavy atom. The molecule has 1 amide bonds. The van der Waals surface area contributed by atoms with Crippen LogP contribution in [0.15, 0.2) is 48.5 Å². The lowest BCUT2D eigenvalue weighted by Gasteiger charge is -2.19. The number of hydrogen-bond donors (Lipinski definition) is 4. The van der Waals surface area contributed by atoms with Crippen molar-refractivity contribution < 1.29 is 17.9 Å². The van der Waals surface area contributed by atoms with Gasteiger partial charge in [-0.3, -0.25) is 14.9 Å². The summed E-state index contributed by atoms with van der Waals surface area (Å²) < 4.78 is 33.3. The summed E-state index contributed by atoms with van der Waals surface area (Å²) in [6, 6.07) is 13.1. The van der Waals surface area contributed by atoms with Gasteiger partial charge >= 0.3 is 0 Å². The first kappa shape index (κ1) is 20.4. The van der Waals surface area contributed by atoms with Gasteiger partial charge in [0, 0.05) is 22.9 Å². The van der Waals surface area contributed by atoms with Gasteiger partial charge in [-0.05, 0) is 55.5 Å². The highest BCUT2D eigenvalue weighted by Crippen LogP contribution is 2.22. The van der Waals surface area contributed by atoms with Crippen molar-refractivity contribution in [1.29, 1.82) is 0 Å². The Balaban J connectivity index is 1.68. The topological polar surface area (TPSA) is 109 Å². The van der Waals surface area contributed by atoms with E-state index in [1.54, 1.807) is 48.5 Å². The molecular formula is C18H21ClN4O4S. The Kier molecular flexibility index (Phi) is 6.40. The minimum absolute atomic E-state index is 0.176. The van der Waals surface area contributed by atoms with E-state index in [2.05, 4.69) is 20.9 Å². The van der Waals surface area contributed by atoms with Crippen molar-refractivity contribution in [2.45, 2.75) is 12.3 Å². The minimum atomic E-state index is -3.87. The zero-order chi connectivity index (χ0) is 20.1. The lowest BCUT2D eigenvalue weighted by molar-refractivity contribution is -0.119. The molecule has 2 aromatic rings. The molecule has 0 radical (unpaired) electrons. The summed E-state index contributed by atoms with van der Waals surface area (Å²) in [5.41, 5.74) is 6.33. The number of carbonyl (C=O) groups is 1. The van der Waals surface area contributed by atoms with Crippen LogP contribution >= 0.6 is 11.6 Å². The molecule has 0 aromatic heterocycles. The van der Waals surface area contributed by atoms with Crippen molar-refractivity contribution in [2.75, 3.05) is 23.2 Å².